The number of carbonyl (C=O) groups excluding carboxylic acids is 7. The van der Waals surface area contributed by atoms with Crippen molar-refractivity contribution in [1.29, 1.82) is 0 Å². The number of aliphatic hydroxyl groups is 2. The molecule has 2 heterocycles. The van der Waals surface area contributed by atoms with Crippen LogP contribution in [0.4, 0.5) is 0 Å². The van der Waals surface area contributed by atoms with Crippen molar-refractivity contribution in [2.75, 3.05) is 44.8 Å². The maximum atomic E-state index is 14.3. The Kier molecular flexibility index (Phi) is 24.4. The number of likely N-dealkylation sites (tertiary alicyclic amines) is 2. The summed E-state index contributed by atoms with van der Waals surface area (Å²) in [4.78, 5) is 114. The summed E-state index contributed by atoms with van der Waals surface area (Å²) in [5.41, 5.74) is 22.4. The molecule has 2 rings (SSSR count). The van der Waals surface area contributed by atoms with Crippen LogP contribution in [-0.4, -0.2) is 178 Å². The van der Waals surface area contributed by atoms with Crippen LogP contribution in [-0.2, 0) is 38.4 Å². The minimum absolute atomic E-state index is 0.0488. The first kappa shape index (κ1) is 55.4. The predicted octanol–water partition coefficient (Wildman–Crippen LogP) is -3.84. The van der Waals surface area contributed by atoms with Crippen LogP contribution in [0.25, 0.3) is 0 Å². The van der Waals surface area contributed by atoms with Crippen LogP contribution < -0.4 is 49.5 Å². The van der Waals surface area contributed by atoms with Gasteiger partial charge in [0.25, 0.3) is 0 Å². The van der Waals surface area contributed by atoms with Gasteiger partial charge in [-0.2, -0.15) is 11.8 Å². The van der Waals surface area contributed by atoms with E-state index < -0.39 is 108 Å². The van der Waals surface area contributed by atoms with E-state index in [-0.39, 0.29) is 63.6 Å². The molecule has 2 aliphatic heterocycles. The fourth-order valence-corrected chi connectivity index (χ4v) is 7.94. The number of hydrogen-bond acceptors (Lipinski definition) is 14. The van der Waals surface area contributed by atoms with Crippen LogP contribution >= 0.6 is 11.8 Å². The Morgan fingerprint density at radius 1 is 0.719 bits per heavy atom. The highest BCUT2D eigenvalue weighted by molar-refractivity contribution is 7.98. The highest BCUT2D eigenvalue weighted by atomic mass is 32.2. The molecule has 16 N–H and O–H groups in total. The van der Waals surface area contributed by atoms with Gasteiger partial charge in [-0.1, -0.05) is 13.8 Å². The van der Waals surface area contributed by atoms with Crippen LogP contribution in [0.5, 0.6) is 0 Å². The fourth-order valence-electron chi connectivity index (χ4n) is 7.47. The number of aliphatic imine (C=N–C) groups is 1. The lowest BCUT2D eigenvalue weighted by atomic mass is 10.0. The van der Waals surface area contributed by atoms with Gasteiger partial charge in [0, 0.05) is 19.6 Å². The molecule has 2 saturated heterocycles. The van der Waals surface area contributed by atoms with E-state index in [1.807, 2.05) is 0 Å². The van der Waals surface area contributed by atoms with E-state index in [9.17, 15) is 53.7 Å². The molecule has 23 nitrogen and oxygen atoms in total. The molecule has 0 aromatic rings. The van der Waals surface area contributed by atoms with Crippen molar-refractivity contribution in [2.45, 2.75) is 146 Å². The average molecular weight is 929 g/mol. The van der Waals surface area contributed by atoms with Gasteiger partial charge in [0.1, 0.15) is 48.3 Å². The Bertz CT molecular complexity index is 1620. The number of guanidine groups is 1. The lowest BCUT2D eigenvalue weighted by Crippen LogP contribution is -2.60. The number of carboxylic acids is 1. The molecule has 0 bridgehead atoms. The van der Waals surface area contributed by atoms with Crippen LogP contribution in [0.1, 0.15) is 91.4 Å². The predicted molar refractivity (Wildman–Crippen MR) is 239 cm³/mol. The van der Waals surface area contributed by atoms with Gasteiger partial charge in [-0.25, -0.2) is 4.79 Å². The third-order valence-corrected chi connectivity index (χ3v) is 11.6. The Morgan fingerprint density at radius 3 is 1.78 bits per heavy atom. The molecule has 0 saturated carbocycles. The van der Waals surface area contributed by atoms with Crippen molar-refractivity contribution in [1.82, 2.24) is 36.4 Å². The molecule has 7 amide bonds. The number of carboxylic acid groups (broad SMARTS) is 1. The zero-order valence-corrected chi connectivity index (χ0v) is 38.3. The zero-order valence-electron chi connectivity index (χ0n) is 37.5. The molecule has 9 atom stereocenters. The second-order valence-corrected chi connectivity index (χ2v) is 17.6. The van der Waals surface area contributed by atoms with E-state index in [0.29, 0.717) is 50.8 Å². The standard InChI is InChI=1S/C40H72N12O11S/c1-22(2)20-27(49-35(58)28(21-53)50-36(59)31(42)23(3)54)34(57)47-25(14-19-64-4)33(56)46-24(10-5-6-15-41)32(55)48-26(11-7-16-45-40(43)44)37(60)51-17-8-12-29(51)38(61)52-18-9-13-30(52)39(62)63/h22-31,53-54H,5-21,41-42H2,1-4H3,(H,46,56)(H,47,57)(H,48,55)(H,49,58)(H,50,59)(H,62,63)(H4,43,44,45). The summed E-state index contributed by atoms with van der Waals surface area (Å²) in [6.07, 6.45) is 3.63. The van der Waals surface area contributed by atoms with E-state index in [1.54, 1.807) is 20.1 Å². The molecule has 364 valence electrons. The first-order chi connectivity index (χ1) is 30.3. The van der Waals surface area contributed by atoms with E-state index in [4.69, 9.17) is 22.9 Å². The molecular formula is C40H72N12O11S. The van der Waals surface area contributed by atoms with Crippen LogP contribution in [0, 0.1) is 5.92 Å². The topological polar surface area (TPSA) is 380 Å². The monoisotopic (exact) mass is 929 g/mol. The normalized spacial score (nSPS) is 19.3. The first-order valence-electron chi connectivity index (χ1n) is 21.9. The first-order valence-corrected chi connectivity index (χ1v) is 23.3. The largest absolute Gasteiger partial charge is 0.480 e. The van der Waals surface area contributed by atoms with Crippen molar-refractivity contribution < 1.29 is 53.7 Å². The Balaban J connectivity index is 2.37. The van der Waals surface area contributed by atoms with Gasteiger partial charge in [0.15, 0.2) is 5.96 Å². The zero-order chi connectivity index (χ0) is 48.1. The number of aliphatic carboxylic acids is 1. The lowest BCUT2D eigenvalue weighted by Gasteiger charge is -2.33. The second kappa shape index (κ2) is 28.2. The highest BCUT2D eigenvalue weighted by Gasteiger charge is 2.44. The molecule has 24 heteroatoms. The van der Waals surface area contributed by atoms with Crippen LogP contribution in [0.15, 0.2) is 4.99 Å². The molecule has 2 fully saturated rings. The fraction of sp³-hybridized carbons (Fsp3) is 0.775. The van der Waals surface area contributed by atoms with Crippen LogP contribution in [0.3, 0.4) is 0 Å². The number of aliphatic hydroxyl groups excluding tert-OH is 2. The number of nitrogens with one attached hydrogen (secondary N) is 5. The third-order valence-electron chi connectivity index (χ3n) is 11.0. The molecule has 9 unspecified atom stereocenters. The summed E-state index contributed by atoms with van der Waals surface area (Å²) in [6.45, 7) is 4.88. The van der Waals surface area contributed by atoms with Gasteiger partial charge in [-0.3, -0.25) is 38.6 Å². The molecule has 2 aliphatic rings. The average Bonchev–Trinajstić information content (AvgIpc) is 3.95. The molecule has 0 radical (unpaired) electrons. The summed E-state index contributed by atoms with van der Waals surface area (Å²) < 4.78 is 0. The maximum Gasteiger partial charge on any atom is 0.326 e. The lowest BCUT2D eigenvalue weighted by molar-refractivity contribution is -0.152. The minimum Gasteiger partial charge on any atom is -0.480 e. The summed E-state index contributed by atoms with van der Waals surface area (Å²) in [5.74, 6) is -6.09. The number of amides is 7. The third kappa shape index (κ3) is 17.7. The summed E-state index contributed by atoms with van der Waals surface area (Å²) in [6, 6.07) is -9.69. The highest BCUT2D eigenvalue weighted by Crippen LogP contribution is 2.26. The van der Waals surface area contributed by atoms with Gasteiger partial charge < -0.3 is 74.6 Å². The van der Waals surface area contributed by atoms with Crippen molar-refractivity contribution in [3.05, 3.63) is 0 Å². The van der Waals surface area contributed by atoms with Crippen molar-refractivity contribution in [3.63, 3.8) is 0 Å². The van der Waals surface area contributed by atoms with E-state index in [2.05, 4.69) is 31.6 Å². The molecular weight excluding hydrogens is 857 g/mol. The minimum atomic E-state index is -1.52. The number of unbranched alkanes of at least 4 members (excludes halogenated alkanes) is 1. The Hall–Kier alpha value is -4.78. The van der Waals surface area contributed by atoms with E-state index in [1.165, 1.54) is 28.5 Å². The molecule has 0 spiro atoms. The van der Waals surface area contributed by atoms with E-state index >= 15 is 0 Å². The van der Waals surface area contributed by atoms with E-state index in [0.717, 1.165) is 0 Å². The second-order valence-electron chi connectivity index (χ2n) is 16.6. The van der Waals surface area contributed by atoms with Crippen molar-refractivity contribution in [3.8, 4) is 0 Å². The van der Waals surface area contributed by atoms with Crippen molar-refractivity contribution >= 4 is 65.0 Å². The molecule has 0 aromatic carbocycles. The van der Waals surface area contributed by atoms with Crippen molar-refractivity contribution in [2.24, 2.45) is 33.8 Å². The summed E-state index contributed by atoms with van der Waals surface area (Å²) >= 11 is 1.40. The van der Waals surface area contributed by atoms with Gasteiger partial charge in [-0.05, 0) is 102 Å². The molecule has 64 heavy (non-hydrogen) atoms. The smallest absolute Gasteiger partial charge is 0.326 e. The molecule has 0 aliphatic carbocycles. The number of rotatable bonds is 28. The quantitative estimate of drug-likeness (QED) is 0.0203. The SMILES string of the molecule is CSCCC(NC(=O)C(CC(C)C)NC(=O)C(CO)NC(=O)C(N)C(C)O)C(=O)NC(CCCCN)C(=O)NC(CCCN=C(N)N)C(=O)N1CCCC1C(=O)N1CCCC1C(=O)O. The number of carbonyl (C=O) groups is 8. The number of nitrogens with zero attached hydrogens (tertiary/aromatic N) is 3. The van der Waals surface area contributed by atoms with Crippen LogP contribution in [0.2, 0.25) is 0 Å². The Labute approximate surface area is 378 Å². The van der Waals surface area contributed by atoms with Gasteiger partial charge in [0.2, 0.25) is 41.4 Å². The maximum absolute atomic E-state index is 14.3. The van der Waals surface area contributed by atoms with Gasteiger partial charge in [0.05, 0.1) is 12.7 Å². The Morgan fingerprint density at radius 2 is 1.23 bits per heavy atom. The number of hydrogen-bond donors (Lipinski definition) is 12. The van der Waals surface area contributed by atoms with Gasteiger partial charge in [-0.15, -0.1) is 0 Å². The number of thioether (sulfide) groups is 1. The number of nitrogens with two attached hydrogens (primary N) is 4. The summed E-state index contributed by atoms with van der Waals surface area (Å²) in [7, 11) is 0. The summed E-state index contributed by atoms with van der Waals surface area (Å²) in [5, 5.41) is 42.3. The van der Waals surface area contributed by atoms with Gasteiger partial charge >= 0.3 is 5.97 Å². The molecule has 0 aromatic heterocycles.